The van der Waals surface area contributed by atoms with Crippen molar-refractivity contribution in [3.63, 3.8) is 0 Å². The third kappa shape index (κ3) is 2.77. The van der Waals surface area contributed by atoms with Crippen molar-refractivity contribution in [1.82, 2.24) is 24.3 Å². The molecule has 0 aliphatic heterocycles. The first kappa shape index (κ1) is 16.4. The van der Waals surface area contributed by atoms with Crippen LogP contribution in [0.25, 0.3) is 16.7 Å². The predicted octanol–water partition coefficient (Wildman–Crippen LogP) is 2.35. The largest absolute Gasteiger partial charge is 0.369 e. The van der Waals surface area contributed by atoms with Gasteiger partial charge in [0.2, 0.25) is 0 Å². The Bertz CT molecular complexity index is 1050. The van der Waals surface area contributed by atoms with Gasteiger partial charge in [0.15, 0.2) is 5.82 Å². The fourth-order valence-corrected chi connectivity index (χ4v) is 3.16. The van der Waals surface area contributed by atoms with Gasteiger partial charge in [-0.05, 0) is 35.4 Å². The van der Waals surface area contributed by atoms with Crippen LogP contribution in [0.5, 0.6) is 0 Å². The third-order valence-electron chi connectivity index (χ3n) is 4.52. The number of benzene rings is 2. The zero-order valence-corrected chi connectivity index (χ0v) is 14.7. The molecule has 1 atom stereocenters. The van der Waals surface area contributed by atoms with E-state index in [1.807, 2.05) is 49.8 Å². The average molecular weight is 348 g/mol. The summed E-state index contributed by atoms with van der Waals surface area (Å²) in [5, 5.41) is 4.14. The van der Waals surface area contributed by atoms with Gasteiger partial charge in [0, 0.05) is 26.4 Å². The van der Waals surface area contributed by atoms with Crippen LogP contribution < -0.4 is 5.73 Å². The molecule has 1 unspecified atom stereocenters. The van der Waals surface area contributed by atoms with Gasteiger partial charge in [0.1, 0.15) is 18.8 Å². The van der Waals surface area contributed by atoms with Crippen molar-refractivity contribution < 1.29 is 4.74 Å². The van der Waals surface area contributed by atoms with E-state index in [0.29, 0.717) is 6.54 Å². The van der Waals surface area contributed by atoms with Crippen molar-refractivity contribution in [3.8, 4) is 5.69 Å². The molecule has 0 aliphatic carbocycles. The molecule has 0 spiro atoms. The smallest absolute Gasteiger partial charge is 0.160 e. The number of nitrogens with zero attached hydrogens (tertiary/aromatic N) is 5. The summed E-state index contributed by atoms with van der Waals surface area (Å²) in [6.45, 7) is 0.505. The molecule has 0 fully saturated rings. The van der Waals surface area contributed by atoms with E-state index in [1.54, 1.807) is 11.8 Å². The zero-order valence-electron chi connectivity index (χ0n) is 14.7. The molecule has 0 aliphatic rings. The molecule has 0 bridgehead atoms. The quantitative estimate of drug-likeness (QED) is 0.598. The Labute approximate surface area is 151 Å². The van der Waals surface area contributed by atoms with Gasteiger partial charge in [-0.15, -0.1) is 0 Å². The van der Waals surface area contributed by atoms with E-state index in [4.69, 9.17) is 10.5 Å². The number of fused-ring (bicyclic) bond motifs is 1. The van der Waals surface area contributed by atoms with Crippen LogP contribution in [0.3, 0.4) is 0 Å². The number of ether oxygens (including phenoxy) is 1. The number of imidazole rings is 1. The molecule has 26 heavy (non-hydrogen) atoms. The van der Waals surface area contributed by atoms with Crippen LogP contribution >= 0.6 is 0 Å². The second-order valence-corrected chi connectivity index (χ2v) is 6.09. The van der Waals surface area contributed by atoms with Gasteiger partial charge in [0.05, 0.1) is 11.0 Å². The highest BCUT2D eigenvalue weighted by atomic mass is 16.5. The molecule has 4 aromatic rings. The number of methoxy groups -OCH3 is 1. The summed E-state index contributed by atoms with van der Waals surface area (Å²) >= 11 is 0. The summed E-state index contributed by atoms with van der Waals surface area (Å²) in [7, 11) is 3.53. The van der Waals surface area contributed by atoms with Crippen molar-refractivity contribution in [2.24, 2.45) is 12.8 Å². The Morgan fingerprint density at radius 2 is 2.04 bits per heavy atom. The molecular formula is C19H20N6O. The monoisotopic (exact) mass is 348 g/mol. The maximum atomic E-state index is 5.72. The van der Waals surface area contributed by atoms with Gasteiger partial charge < -0.3 is 10.5 Å². The third-order valence-corrected chi connectivity index (χ3v) is 4.52. The minimum absolute atomic E-state index is 0.291. The molecule has 2 N–H and O–H groups in total. The molecule has 7 nitrogen and oxygen atoms in total. The Balaban J connectivity index is 1.77. The highest BCUT2D eigenvalue weighted by Crippen LogP contribution is 2.26. The van der Waals surface area contributed by atoms with Crippen LogP contribution in [-0.4, -0.2) is 31.4 Å². The second kappa shape index (κ2) is 6.70. The van der Waals surface area contributed by atoms with Gasteiger partial charge in [-0.1, -0.05) is 18.2 Å². The number of nitrogens with two attached hydrogens (primary N) is 1. The summed E-state index contributed by atoms with van der Waals surface area (Å²) in [4.78, 5) is 8.83. The molecule has 2 heterocycles. The minimum atomic E-state index is -0.291. The van der Waals surface area contributed by atoms with Crippen molar-refractivity contribution in [3.05, 3.63) is 72.1 Å². The first-order valence-corrected chi connectivity index (χ1v) is 8.34. The standard InChI is InChI=1S/C19H20N6O/c1-24-19(21-11-23-24)18(26-2)14-4-3-5-15(9-14)25-12-22-16-8-13(10-20)6-7-17(16)25/h3-9,11-12,18H,10,20H2,1-2H3. The summed E-state index contributed by atoms with van der Waals surface area (Å²) in [5.74, 6) is 0.757. The lowest BCUT2D eigenvalue weighted by Crippen LogP contribution is -2.11. The van der Waals surface area contributed by atoms with Crippen LogP contribution in [0.15, 0.2) is 55.1 Å². The second-order valence-electron chi connectivity index (χ2n) is 6.09. The lowest BCUT2D eigenvalue weighted by atomic mass is 10.1. The normalized spacial score (nSPS) is 12.6. The minimum Gasteiger partial charge on any atom is -0.369 e. The molecule has 132 valence electrons. The Morgan fingerprint density at radius 1 is 1.15 bits per heavy atom. The van der Waals surface area contributed by atoms with Gasteiger partial charge >= 0.3 is 0 Å². The maximum absolute atomic E-state index is 5.72. The van der Waals surface area contributed by atoms with E-state index in [9.17, 15) is 0 Å². The first-order valence-electron chi connectivity index (χ1n) is 8.34. The number of aromatic nitrogens is 5. The van der Waals surface area contributed by atoms with E-state index in [1.165, 1.54) is 6.33 Å². The summed E-state index contributed by atoms with van der Waals surface area (Å²) < 4.78 is 9.47. The molecular weight excluding hydrogens is 328 g/mol. The molecule has 0 radical (unpaired) electrons. The number of hydrogen-bond donors (Lipinski definition) is 1. The van der Waals surface area contributed by atoms with E-state index in [-0.39, 0.29) is 6.10 Å². The molecule has 0 saturated heterocycles. The summed E-state index contributed by atoms with van der Waals surface area (Å²) in [5.41, 5.74) is 10.8. The lowest BCUT2D eigenvalue weighted by molar-refractivity contribution is 0.125. The number of rotatable bonds is 5. The fraction of sp³-hybridized carbons (Fsp3) is 0.211. The van der Waals surface area contributed by atoms with Gasteiger partial charge in [-0.25, -0.2) is 9.97 Å². The van der Waals surface area contributed by atoms with E-state index >= 15 is 0 Å². The number of hydrogen-bond acceptors (Lipinski definition) is 5. The van der Waals surface area contributed by atoms with Gasteiger partial charge in [-0.3, -0.25) is 9.25 Å². The highest BCUT2D eigenvalue weighted by Gasteiger charge is 2.19. The van der Waals surface area contributed by atoms with E-state index in [0.717, 1.165) is 33.7 Å². The van der Waals surface area contributed by atoms with Crippen LogP contribution in [0.2, 0.25) is 0 Å². The zero-order chi connectivity index (χ0) is 18.1. The maximum Gasteiger partial charge on any atom is 0.160 e. The molecule has 4 rings (SSSR count). The summed E-state index contributed by atoms with van der Waals surface area (Å²) in [6.07, 6.45) is 3.07. The first-order chi connectivity index (χ1) is 12.7. The summed E-state index contributed by atoms with van der Waals surface area (Å²) in [6, 6.07) is 14.3. The lowest BCUT2D eigenvalue weighted by Gasteiger charge is -2.16. The van der Waals surface area contributed by atoms with Crippen molar-refractivity contribution in [2.45, 2.75) is 12.6 Å². The average Bonchev–Trinajstić information content (AvgIpc) is 3.28. The highest BCUT2D eigenvalue weighted by molar-refractivity contribution is 5.78. The van der Waals surface area contributed by atoms with Crippen LogP contribution in [-0.2, 0) is 18.3 Å². The molecule has 0 amide bonds. The van der Waals surface area contributed by atoms with E-state index < -0.39 is 0 Å². The van der Waals surface area contributed by atoms with Crippen molar-refractivity contribution in [2.75, 3.05) is 7.11 Å². The van der Waals surface area contributed by atoms with Crippen LogP contribution in [0, 0.1) is 0 Å². The van der Waals surface area contributed by atoms with Crippen LogP contribution in [0.1, 0.15) is 23.1 Å². The van der Waals surface area contributed by atoms with Crippen LogP contribution in [0.4, 0.5) is 0 Å². The molecule has 0 saturated carbocycles. The van der Waals surface area contributed by atoms with E-state index in [2.05, 4.69) is 25.7 Å². The Hall–Kier alpha value is -3.03. The molecule has 7 heteroatoms. The Kier molecular flexibility index (Phi) is 4.24. The SMILES string of the molecule is COC(c1cccc(-n2cnc3cc(CN)ccc32)c1)c1ncnn1C. The number of aryl methyl sites for hydroxylation is 1. The Morgan fingerprint density at radius 3 is 2.77 bits per heavy atom. The topological polar surface area (TPSA) is 83.8 Å². The molecule has 2 aromatic heterocycles. The predicted molar refractivity (Wildman–Crippen MR) is 98.8 cm³/mol. The fourth-order valence-electron chi connectivity index (χ4n) is 3.16. The van der Waals surface area contributed by atoms with Gasteiger partial charge in [-0.2, -0.15) is 5.10 Å². The van der Waals surface area contributed by atoms with Crippen molar-refractivity contribution >= 4 is 11.0 Å². The van der Waals surface area contributed by atoms with Gasteiger partial charge in [0.25, 0.3) is 0 Å². The molecule has 2 aromatic carbocycles. The van der Waals surface area contributed by atoms with Crippen molar-refractivity contribution in [1.29, 1.82) is 0 Å².